The second-order valence-electron chi connectivity index (χ2n) is 3.07. The van der Waals surface area contributed by atoms with E-state index in [1.807, 2.05) is 0 Å². The topological polar surface area (TPSA) is 12.9 Å². The number of halogens is 1. The molecule has 1 heterocycles. The van der Waals surface area contributed by atoms with Gasteiger partial charge in [0, 0.05) is 4.88 Å². The Morgan fingerprint density at radius 2 is 2.45 bits per heavy atom. The molecule has 0 N–H and O–H groups in total. The van der Waals surface area contributed by atoms with Crippen LogP contribution in [0, 0.1) is 0 Å². The maximum absolute atomic E-state index is 4.47. The third kappa shape index (κ3) is 1.36. The van der Waals surface area contributed by atoms with Crippen LogP contribution < -0.4 is 0 Å². The molecule has 2 rings (SSSR count). The zero-order chi connectivity index (χ0) is 7.84. The number of hydrogen-bond acceptors (Lipinski definition) is 2. The fourth-order valence-corrected chi connectivity index (χ4v) is 3.33. The number of thiazole rings is 1. The van der Waals surface area contributed by atoms with Crippen LogP contribution >= 0.6 is 27.3 Å². The van der Waals surface area contributed by atoms with Crippen LogP contribution in [0.1, 0.15) is 36.3 Å². The van der Waals surface area contributed by atoms with Gasteiger partial charge in [-0.1, -0.05) is 6.92 Å². The first-order valence-electron chi connectivity index (χ1n) is 3.92. The van der Waals surface area contributed by atoms with Crippen LogP contribution in [-0.2, 0) is 6.42 Å². The van der Waals surface area contributed by atoms with Gasteiger partial charge in [0.2, 0.25) is 0 Å². The smallest absolute Gasteiger partial charge is 0.159 e. The number of aryl methyl sites for hydroxylation is 1. The van der Waals surface area contributed by atoms with Gasteiger partial charge in [-0.2, -0.15) is 0 Å². The van der Waals surface area contributed by atoms with Crippen molar-refractivity contribution < 1.29 is 0 Å². The van der Waals surface area contributed by atoms with Gasteiger partial charge in [-0.3, -0.25) is 0 Å². The van der Waals surface area contributed by atoms with Gasteiger partial charge < -0.3 is 0 Å². The third-order valence-corrected chi connectivity index (χ3v) is 3.79. The zero-order valence-electron chi connectivity index (χ0n) is 6.43. The molecule has 0 spiro atoms. The average molecular weight is 232 g/mol. The van der Waals surface area contributed by atoms with Crippen LogP contribution in [0.5, 0.6) is 0 Å². The van der Waals surface area contributed by atoms with E-state index in [0.717, 1.165) is 3.92 Å². The van der Waals surface area contributed by atoms with Crippen molar-refractivity contribution in [3.8, 4) is 0 Å². The fourth-order valence-electron chi connectivity index (χ4n) is 1.60. The van der Waals surface area contributed by atoms with Crippen LogP contribution in [0.2, 0.25) is 0 Å². The van der Waals surface area contributed by atoms with E-state index < -0.39 is 0 Å². The Labute approximate surface area is 79.0 Å². The maximum atomic E-state index is 4.47. The normalized spacial score (nSPS) is 23.3. The summed E-state index contributed by atoms with van der Waals surface area (Å²) in [5.74, 6) is 0.682. The summed E-state index contributed by atoms with van der Waals surface area (Å²) in [4.78, 5) is 5.96. The average Bonchev–Trinajstić information content (AvgIpc) is 2.31. The predicted octanol–water partition coefficient (Wildman–Crippen LogP) is 3.35. The van der Waals surface area contributed by atoms with Crippen molar-refractivity contribution in [2.45, 2.75) is 32.1 Å². The molecule has 1 aromatic rings. The minimum absolute atomic E-state index is 0.682. The molecule has 0 amide bonds. The Balaban J connectivity index is 2.43. The Morgan fingerprint density at radius 1 is 1.64 bits per heavy atom. The van der Waals surface area contributed by atoms with Gasteiger partial charge in [-0.05, 0) is 41.1 Å². The van der Waals surface area contributed by atoms with Crippen molar-refractivity contribution in [2.75, 3.05) is 0 Å². The summed E-state index contributed by atoms with van der Waals surface area (Å²) in [6.45, 7) is 2.27. The molecule has 0 saturated heterocycles. The first-order valence-corrected chi connectivity index (χ1v) is 5.53. The summed E-state index contributed by atoms with van der Waals surface area (Å²) in [6, 6.07) is 0. The monoisotopic (exact) mass is 231 g/mol. The first kappa shape index (κ1) is 7.74. The minimum atomic E-state index is 0.682. The van der Waals surface area contributed by atoms with Crippen molar-refractivity contribution in [2.24, 2.45) is 0 Å². The summed E-state index contributed by atoms with van der Waals surface area (Å²) in [6.07, 6.45) is 3.88. The number of rotatable bonds is 0. The quantitative estimate of drug-likeness (QED) is 0.668. The molecule has 0 radical (unpaired) electrons. The highest BCUT2D eigenvalue weighted by molar-refractivity contribution is 9.11. The van der Waals surface area contributed by atoms with E-state index in [1.165, 1.54) is 29.8 Å². The second-order valence-corrected chi connectivity index (χ2v) is 5.43. The lowest BCUT2D eigenvalue weighted by molar-refractivity contribution is 0.583. The molecule has 1 atom stereocenters. The number of hydrogen-bond donors (Lipinski definition) is 0. The third-order valence-electron chi connectivity index (χ3n) is 2.21. The maximum Gasteiger partial charge on any atom is 0.159 e. The van der Waals surface area contributed by atoms with Gasteiger partial charge in [-0.15, -0.1) is 11.3 Å². The van der Waals surface area contributed by atoms with E-state index in [-0.39, 0.29) is 0 Å². The van der Waals surface area contributed by atoms with Crippen molar-refractivity contribution >= 4 is 27.3 Å². The summed E-state index contributed by atoms with van der Waals surface area (Å²) >= 11 is 5.23. The second kappa shape index (κ2) is 2.87. The molecule has 1 unspecified atom stereocenters. The van der Waals surface area contributed by atoms with Crippen LogP contribution in [0.3, 0.4) is 0 Å². The Bertz CT molecular complexity index is 269. The molecule has 1 nitrogen and oxygen atoms in total. The van der Waals surface area contributed by atoms with E-state index in [0.29, 0.717) is 5.92 Å². The fraction of sp³-hybridized carbons (Fsp3) is 0.625. The number of nitrogens with zero attached hydrogens (tertiary/aromatic N) is 1. The van der Waals surface area contributed by atoms with Crippen molar-refractivity contribution in [3.63, 3.8) is 0 Å². The molecular formula is C8H10BrNS. The van der Waals surface area contributed by atoms with Gasteiger partial charge >= 0.3 is 0 Å². The van der Waals surface area contributed by atoms with Crippen LogP contribution in [-0.4, -0.2) is 4.98 Å². The highest BCUT2D eigenvalue weighted by Crippen LogP contribution is 2.35. The lowest BCUT2D eigenvalue weighted by Gasteiger charge is -2.15. The molecule has 1 aromatic heterocycles. The van der Waals surface area contributed by atoms with Crippen LogP contribution in [0.4, 0.5) is 0 Å². The van der Waals surface area contributed by atoms with Gasteiger partial charge in [0.15, 0.2) is 3.92 Å². The van der Waals surface area contributed by atoms with E-state index >= 15 is 0 Å². The van der Waals surface area contributed by atoms with E-state index in [4.69, 9.17) is 0 Å². The van der Waals surface area contributed by atoms with Crippen molar-refractivity contribution in [1.82, 2.24) is 4.98 Å². The Kier molecular flexibility index (Phi) is 2.02. The Hall–Kier alpha value is 0.110. The van der Waals surface area contributed by atoms with Gasteiger partial charge in [0.05, 0.1) is 5.69 Å². The standard InChI is InChI=1S/C8H10BrNS/c1-5-3-2-4-6-7(5)10-8(9)11-6/h5H,2-4H2,1H3. The lowest BCUT2D eigenvalue weighted by atomic mass is 9.93. The molecule has 0 aromatic carbocycles. The van der Waals surface area contributed by atoms with Gasteiger partial charge in [0.1, 0.15) is 0 Å². The molecule has 11 heavy (non-hydrogen) atoms. The summed E-state index contributed by atoms with van der Waals surface area (Å²) < 4.78 is 1.05. The molecule has 0 fully saturated rings. The SMILES string of the molecule is CC1CCCc2sc(Br)nc21. The molecule has 1 aliphatic carbocycles. The number of fused-ring (bicyclic) bond motifs is 1. The minimum Gasteiger partial charge on any atom is -0.234 e. The van der Waals surface area contributed by atoms with Crippen molar-refractivity contribution in [1.29, 1.82) is 0 Å². The molecule has 3 heteroatoms. The molecule has 0 bridgehead atoms. The summed E-state index contributed by atoms with van der Waals surface area (Å²) in [5, 5.41) is 0. The summed E-state index contributed by atoms with van der Waals surface area (Å²) in [5.41, 5.74) is 1.34. The van der Waals surface area contributed by atoms with E-state index in [9.17, 15) is 0 Å². The molecule has 60 valence electrons. The van der Waals surface area contributed by atoms with Crippen LogP contribution in [0.15, 0.2) is 3.92 Å². The first-order chi connectivity index (χ1) is 5.27. The Morgan fingerprint density at radius 3 is 3.18 bits per heavy atom. The van der Waals surface area contributed by atoms with Gasteiger partial charge in [-0.25, -0.2) is 4.98 Å². The molecule has 0 aliphatic heterocycles. The zero-order valence-corrected chi connectivity index (χ0v) is 8.83. The molecule has 0 saturated carbocycles. The highest BCUT2D eigenvalue weighted by atomic mass is 79.9. The van der Waals surface area contributed by atoms with Crippen molar-refractivity contribution in [3.05, 3.63) is 14.5 Å². The molecular weight excluding hydrogens is 222 g/mol. The summed E-state index contributed by atoms with van der Waals surface area (Å²) in [7, 11) is 0. The van der Waals surface area contributed by atoms with Gasteiger partial charge in [0.25, 0.3) is 0 Å². The largest absolute Gasteiger partial charge is 0.234 e. The van der Waals surface area contributed by atoms with E-state index in [2.05, 4.69) is 27.8 Å². The highest BCUT2D eigenvalue weighted by Gasteiger charge is 2.20. The molecule has 1 aliphatic rings. The lowest BCUT2D eigenvalue weighted by Crippen LogP contribution is -2.04. The predicted molar refractivity (Wildman–Crippen MR) is 51.2 cm³/mol. The van der Waals surface area contributed by atoms with E-state index in [1.54, 1.807) is 11.3 Å². The number of aromatic nitrogens is 1. The van der Waals surface area contributed by atoms with Crippen LogP contribution in [0.25, 0.3) is 0 Å².